The lowest BCUT2D eigenvalue weighted by atomic mass is 9.49. The molecule has 4 atom stereocenters. The lowest BCUT2D eigenvalue weighted by molar-refractivity contribution is -0.136. The van der Waals surface area contributed by atoms with Gasteiger partial charge < -0.3 is 19.7 Å². The van der Waals surface area contributed by atoms with Crippen LogP contribution in [0, 0.1) is 16.7 Å². The standard InChI is InChI=1S/C22H26O6/c1-21(12-23)8-3-9-22(2)16-11-27-20(26)15(16)10-17(18(21)22)28-19(25)13-4-6-14(24)7-5-13/h4-7,17-18,23-24H,3,8-12H2,1-2H3/t17-,18+,21-,22-/m1/s1. The second-order valence-electron chi connectivity index (χ2n) is 8.79. The molecule has 3 aliphatic rings. The molecule has 6 heteroatoms. The van der Waals surface area contributed by atoms with Gasteiger partial charge in [-0.3, -0.25) is 0 Å². The third-order valence-corrected chi connectivity index (χ3v) is 7.03. The average Bonchev–Trinajstić information content (AvgIpc) is 3.04. The summed E-state index contributed by atoms with van der Waals surface area (Å²) in [4.78, 5) is 25.1. The van der Waals surface area contributed by atoms with Crippen molar-refractivity contribution in [3.8, 4) is 5.75 Å². The van der Waals surface area contributed by atoms with Crippen LogP contribution in [0.25, 0.3) is 0 Å². The molecular formula is C22H26O6. The van der Waals surface area contributed by atoms with Crippen molar-refractivity contribution >= 4 is 11.9 Å². The van der Waals surface area contributed by atoms with Gasteiger partial charge in [0.1, 0.15) is 18.5 Å². The van der Waals surface area contributed by atoms with Gasteiger partial charge in [0.2, 0.25) is 0 Å². The van der Waals surface area contributed by atoms with Crippen LogP contribution in [0.15, 0.2) is 35.4 Å². The van der Waals surface area contributed by atoms with Gasteiger partial charge in [0.05, 0.1) is 5.56 Å². The molecule has 1 saturated carbocycles. The Labute approximate surface area is 164 Å². The molecule has 0 unspecified atom stereocenters. The number of cyclic esters (lactones) is 1. The molecule has 4 rings (SSSR count). The minimum Gasteiger partial charge on any atom is -0.508 e. The third-order valence-electron chi connectivity index (χ3n) is 7.03. The Bertz CT molecular complexity index is 841. The first-order valence-electron chi connectivity index (χ1n) is 9.79. The van der Waals surface area contributed by atoms with Crippen LogP contribution in [0.4, 0.5) is 0 Å². The van der Waals surface area contributed by atoms with Gasteiger partial charge in [-0.2, -0.15) is 0 Å². The predicted molar refractivity (Wildman–Crippen MR) is 101 cm³/mol. The summed E-state index contributed by atoms with van der Waals surface area (Å²) in [6.07, 6.45) is 2.44. The van der Waals surface area contributed by atoms with E-state index in [4.69, 9.17) is 9.47 Å². The molecular weight excluding hydrogens is 360 g/mol. The van der Waals surface area contributed by atoms with E-state index in [0.717, 1.165) is 24.8 Å². The summed E-state index contributed by atoms with van der Waals surface area (Å²) in [5.41, 5.74) is 1.23. The molecule has 6 nitrogen and oxygen atoms in total. The largest absolute Gasteiger partial charge is 0.508 e. The molecule has 1 aromatic rings. The van der Waals surface area contributed by atoms with E-state index in [-0.39, 0.29) is 29.7 Å². The van der Waals surface area contributed by atoms with Crippen molar-refractivity contribution in [1.29, 1.82) is 0 Å². The highest BCUT2D eigenvalue weighted by Gasteiger charge is 2.59. The Kier molecular flexibility index (Phi) is 4.49. The monoisotopic (exact) mass is 386 g/mol. The highest BCUT2D eigenvalue weighted by Crippen LogP contribution is 2.61. The Hall–Kier alpha value is -2.34. The van der Waals surface area contributed by atoms with Gasteiger partial charge in [0, 0.05) is 24.5 Å². The van der Waals surface area contributed by atoms with Crippen molar-refractivity contribution in [1.82, 2.24) is 0 Å². The summed E-state index contributed by atoms with van der Waals surface area (Å²) in [5, 5.41) is 19.7. The van der Waals surface area contributed by atoms with Crippen LogP contribution < -0.4 is 0 Å². The second kappa shape index (κ2) is 6.62. The summed E-state index contributed by atoms with van der Waals surface area (Å²) >= 11 is 0. The SMILES string of the molecule is C[C@]1(CO)CCC[C@]2(C)C3=C(C[C@@H](OC(=O)c4ccc(O)cc4)[C@@H]12)C(=O)OC3. The topological polar surface area (TPSA) is 93.1 Å². The summed E-state index contributed by atoms with van der Waals surface area (Å²) in [6, 6.07) is 5.91. The number of esters is 2. The van der Waals surface area contributed by atoms with Gasteiger partial charge >= 0.3 is 11.9 Å². The first-order valence-corrected chi connectivity index (χ1v) is 9.79. The van der Waals surface area contributed by atoms with Gasteiger partial charge in [0.15, 0.2) is 0 Å². The van der Waals surface area contributed by atoms with Crippen molar-refractivity contribution in [2.45, 2.75) is 45.6 Å². The van der Waals surface area contributed by atoms with Gasteiger partial charge in [-0.15, -0.1) is 0 Å². The maximum atomic E-state index is 12.8. The van der Waals surface area contributed by atoms with E-state index in [0.29, 0.717) is 24.2 Å². The quantitative estimate of drug-likeness (QED) is 0.776. The van der Waals surface area contributed by atoms with Crippen LogP contribution in [0.1, 0.15) is 49.9 Å². The molecule has 150 valence electrons. The Morgan fingerprint density at radius 1 is 1.25 bits per heavy atom. The smallest absolute Gasteiger partial charge is 0.338 e. The number of hydrogen-bond acceptors (Lipinski definition) is 6. The van der Waals surface area contributed by atoms with Gasteiger partial charge in [-0.25, -0.2) is 9.59 Å². The van der Waals surface area contributed by atoms with Crippen molar-refractivity contribution < 1.29 is 29.3 Å². The van der Waals surface area contributed by atoms with Crippen LogP contribution in [0.2, 0.25) is 0 Å². The average molecular weight is 386 g/mol. The van der Waals surface area contributed by atoms with E-state index in [2.05, 4.69) is 6.92 Å². The number of carbonyl (C=O) groups excluding carboxylic acids is 2. The molecule has 2 aliphatic carbocycles. The highest BCUT2D eigenvalue weighted by atomic mass is 16.5. The summed E-state index contributed by atoms with van der Waals surface area (Å²) in [7, 11) is 0. The number of aliphatic hydroxyl groups excluding tert-OH is 1. The second-order valence-corrected chi connectivity index (χ2v) is 8.79. The van der Waals surface area contributed by atoms with Crippen LogP contribution in [0.5, 0.6) is 5.75 Å². The first-order chi connectivity index (χ1) is 13.3. The molecule has 0 spiro atoms. The number of phenolic OH excluding ortho intramolecular Hbond substituents is 1. The fraction of sp³-hybridized carbons (Fsp3) is 0.545. The maximum Gasteiger partial charge on any atom is 0.338 e. The molecule has 28 heavy (non-hydrogen) atoms. The Balaban J connectivity index is 1.72. The minimum absolute atomic E-state index is 0.00205. The van der Waals surface area contributed by atoms with E-state index in [1.54, 1.807) is 0 Å². The lowest BCUT2D eigenvalue weighted by Gasteiger charge is -2.56. The molecule has 0 bridgehead atoms. The van der Waals surface area contributed by atoms with Gasteiger partial charge in [-0.05, 0) is 53.5 Å². The minimum atomic E-state index is -0.520. The predicted octanol–water partition coefficient (Wildman–Crippen LogP) is 2.98. The lowest BCUT2D eigenvalue weighted by Crippen LogP contribution is -2.55. The van der Waals surface area contributed by atoms with E-state index in [1.165, 1.54) is 24.3 Å². The first kappa shape index (κ1) is 19.0. The van der Waals surface area contributed by atoms with Crippen molar-refractivity contribution in [2.75, 3.05) is 13.2 Å². The number of rotatable bonds is 3. The number of fused-ring (bicyclic) bond motifs is 2. The summed E-state index contributed by atoms with van der Waals surface area (Å²) in [6.45, 7) is 4.45. The fourth-order valence-electron chi connectivity index (χ4n) is 5.70. The molecule has 0 aromatic heterocycles. The Morgan fingerprint density at radius 2 is 1.96 bits per heavy atom. The van der Waals surface area contributed by atoms with Crippen molar-refractivity contribution in [3.63, 3.8) is 0 Å². The molecule has 0 saturated heterocycles. The number of benzene rings is 1. The van der Waals surface area contributed by atoms with Crippen LogP contribution in [-0.2, 0) is 14.3 Å². The number of phenols is 1. The Morgan fingerprint density at radius 3 is 2.64 bits per heavy atom. The van der Waals surface area contributed by atoms with Crippen molar-refractivity contribution in [3.05, 3.63) is 41.0 Å². The fourth-order valence-corrected chi connectivity index (χ4v) is 5.70. The van der Waals surface area contributed by atoms with Crippen LogP contribution in [-0.4, -0.2) is 41.5 Å². The van der Waals surface area contributed by atoms with Crippen LogP contribution in [0.3, 0.4) is 0 Å². The molecule has 0 amide bonds. The van der Waals surface area contributed by atoms with Gasteiger partial charge in [-0.1, -0.05) is 20.3 Å². The van der Waals surface area contributed by atoms with Crippen LogP contribution >= 0.6 is 0 Å². The van der Waals surface area contributed by atoms with Gasteiger partial charge in [0.25, 0.3) is 0 Å². The normalized spacial score (nSPS) is 34.5. The highest BCUT2D eigenvalue weighted by molar-refractivity contribution is 5.93. The number of hydrogen-bond donors (Lipinski definition) is 2. The number of aliphatic hydroxyl groups is 1. The zero-order valence-electron chi connectivity index (χ0n) is 16.2. The van der Waals surface area contributed by atoms with E-state index in [9.17, 15) is 19.8 Å². The zero-order valence-corrected chi connectivity index (χ0v) is 16.2. The summed E-state index contributed by atoms with van der Waals surface area (Å²) < 4.78 is 11.3. The number of carbonyl (C=O) groups is 2. The zero-order chi connectivity index (χ0) is 20.1. The summed E-state index contributed by atoms with van der Waals surface area (Å²) in [5.74, 6) is -0.844. The molecule has 0 radical (unpaired) electrons. The number of ether oxygens (including phenoxy) is 2. The maximum absolute atomic E-state index is 12.8. The van der Waals surface area contributed by atoms with E-state index < -0.39 is 17.5 Å². The molecule has 2 N–H and O–H groups in total. The van der Waals surface area contributed by atoms with E-state index in [1.807, 2.05) is 6.92 Å². The molecule has 1 aromatic carbocycles. The molecule has 1 aliphatic heterocycles. The molecule has 1 fully saturated rings. The number of aromatic hydroxyl groups is 1. The van der Waals surface area contributed by atoms with E-state index >= 15 is 0 Å². The van der Waals surface area contributed by atoms with Crippen molar-refractivity contribution in [2.24, 2.45) is 16.7 Å². The molecule has 1 heterocycles. The third kappa shape index (κ3) is 2.82.